The molecule has 0 heterocycles. The van der Waals surface area contributed by atoms with Crippen LogP contribution in [0.2, 0.25) is 0 Å². The third kappa shape index (κ3) is 2.40. The fraction of sp³-hybridized carbons (Fsp3) is 0.125. The molecule has 1 aromatic carbocycles. The molecule has 0 aromatic heterocycles. The standard InChI is InChI=1S/C8H6ClNO3S/c1-13-7-3-2-5(10-14-12)4-6(7)8(9)11/h2-4H,1H3. The number of rotatable bonds is 3. The number of ether oxygens (including phenoxy) is 1. The molecule has 0 aliphatic heterocycles. The van der Waals surface area contributed by atoms with Crippen LogP contribution >= 0.6 is 11.6 Å². The van der Waals surface area contributed by atoms with Crippen molar-refractivity contribution in [1.82, 2.24) is 0 Å². The van der Waals surface area contributed by atoms with Crippen LogP contribution in [-0.4, -0.2) is 16.6 Å². The number of methoxy groups -OCH3 is 1. The average molecular weight is 232 g/mol. The van der Waals surface area contributed by atoms with Crippen LogP contribution in [0.3, 0.4) is 0 Å². The summed E-state index contributed by atoms with van der Waals surface area (Å²) in [6, 6.07) is 4.50. The predicted molar refractivity (Wildman–Crippen MR) is 53.4 cm³/mol. The molecule has 0 saturated carbocycles. The summed E-state index contributed by atoms with van der Waals surface area (Å²) in [5.74, 6) is 0.361. The van der Waals surface area contributed by atoms with E-state index in [9.17, 15) is 9.00 Å². The van der Waals surface area contributed by atoms with Crippen molar-refractivity contribution in [2.75, 3.05) is 7.11 Å². The minimum Gasteiger partial charge on any atom is -0.496 e. The van der Waals surface area contributed by atoms with Crippen LogP contribution in [0.25, 0.3) is 0 Å². The van der Waals surface area contributed by atoms with Gasteiger partial charge in [-0.25, -0.2) is 0 Å². The highest BCUT2D eigenvalue weighted by molar-refractivity contribution is 7.54. The van der Waals surface area contributed by atoms with E-state index in [1.54, 1.807) is 6.07 Å². The minimum atomic E-state index is -0.644. The van der Waals surface area contributed by atoms with Gasteiger partial charge in [-0.05, 0) is 29.8 Å². The Morgan fingerprint density at radius 3 is 2.79 bits per heavy atom. The summed E-state index contributed by atoms with van der Waals surface area (Å²) in [4.78, 5) is 10.9. The van der Waals surface area contributed by atoms with Crippen molar-refractivity contribution in [3.8, 4) is 5.75 Å². The Bertz CT molecular complexity index is 415. The van der Waals surface area contributed by atoms with Crippen molar-refractivity contribution < 1.29 is 13.7 Å². The smallest absolute Gasteiger partial charge is 0.256 e. The molecule has 6 heteroatoms. The van der Waals surface area contributed by atoms with Crippen LogP contribution in [0.1, 0.15) is 10.4 Å². The van der Waals surface area contributed by atoms with Gasteiger partial charge in [0.05, 0.1) is 18.4 Å². The van der Waals surface area contributed by atoms with Gasteiger partial charge in [0.2, 0.25) is 11.5 Å². The summed E-state index contributed by atoms with van der Waals surface area (Å²) < 4.78 is 18.6. The van der Waals surface area contributed by atoms with Crippen molar-refractivity contribution in [3.63, 3.8) is 0 Å². The summed E-state index contributed by atoms with van der Waals surface area (Å²) in [5.41, 5.74) is 0.583. The van der Waals surface area contributed by atoms with Gasteiger partial charge in [0.1, 0.15) is 5.75 Å². The number of halogens is 1. The first kappa shape index (κ1) is 10.9. The second kappa shape index (κ2) is 4.88. The Labute approximate surface area is 89.1 Å². The maximum absolute atomic E-state index is 10.9. The summed E-state index contributed by atoms with van der Waals surface area (Å²) in [7, 11) is 1.43. The second-order valence-corrected chi connectivity index (χ2v) is 3.00. The van der Waals surface area contributed by atoms with Gasteiger partial charge in [0, 0.05) is 0 Å². The van der Waals surface area contributed by atoms with Gasteiger partial charge in [-0.2, -0.15) is 8.57 Å². The fourth-order valence-corrected chi connectivity index (χ4v) is 1.30. The summed E-state index contributed by atoms with van der Waals surface area (Å²) in [6.07, 6.45) is 0. The molecule has 1 aromatic rings. The number of benzene rings is 1. The maximum Gasteiger partial charge on any atom is 0.256 e. The number of carbonyl (C=O) groups excluding carboxylic acids is 1. The number of carbonyl (C=O) groups is 1. The highest BCUT2D eigenvalue weighted by Crippen LogP contribution is 2.25. The lowest BCUT2D eigenvalue weighted by Gasteiger charge is -2.03. The highest BCUT2D eigenvalue weighted by Gasteiger charge is 2.10. The van der Waals surface area contributed by atoms with E-state index in [1.807, 2.05) is 0 Å². The molecular weight excluding hydrogens is 226 g/mol. The van der Waals surface area contributed by atoms with E-state index in [2.05, 4.69) is 4.36 Å². The van der Waals surface area contributed by atoms with Gasteiger partial charge in [-0.1, -0.05) is 0 Å². The van der Waals surface area contributed by atoms with Crippen molar-refractivity contribution in [2.24, 2.45) is 4.36 Å². The maximum atomic E-state index is 10.9. The van der Waals surface area contributed by atoms with Crippen molar-refractivity contribution in [1.29, 1.82) is 0 Å². The molecule has 0 fully saturated rings. The first-order chi connectivity index (χ1) is 6.69. The van der Waals surface area contributed by atoms with Crippen LogP contribution in [0.15, 0.2) is 22.6 Å². The van der Waals surface area contributed by atoms with Gasteiger partial charge in [-0.15, -0.1) is 0 Å². The molecule has 0 bridgehead atoms. The van der Waals surface area contributed by atoms with Crippen LogP contribution in [0.5, 0.6) is 5.75 Å². The van der Waals surface area contributed by atoms with E-state index in [4.69, 9.17) is 16.3 Å². The van der Waals surface area contributed by atoms with E-state index < -0.39 is 5.24 Å². The lowest BCUT2D eigenvalue weighted by Crippen LogP contribution is -1.94. The van der Waals surface area contributed by atoms with E-state index >= 15 is 0 Å². The molecule has 0 unspecified atom stereocenters. The van der Waals surface area contributed by atoms with E-state index in [-0.39, 0.29) is 17.0 Å². The molecular formula is C8H6ClNO3S. The topological polar surface area (TPSA) is 55.7 Å². The summed E-state index contributed by atoms with van der Waals surface area (Å²) in [6.45, 7) is 0. The molecule has 0 aliphatic rings. The third-order valence-corrected chi connectivity index (χ3v) is 2.03. The quantitative estimate of drug-likeness (QED) is 0.749. The Balaban J connectivity index is 3.27. The predicted octanol–water partition coefficient (Wildman–Crippen LogP) is 2.10. The number of hydrogen-bond donors (Lipinski definition) is 0. The molecule has 0 N–H and O–H groups in total. The Hall–Kier alpha value is -1.20. The highest BCUT2D eigenvalue weighted by atomic mass is 35.5. The SMILES string of the molecule is COc1ccc(N=S=O)cc1C(=O)Cl. The lowest BCUT2D eigenvalue weighted by molar-refractivity contribution is 0.107. The van der Waals surface area contributed by atoms with E-state index in [1.165, 1.54) is 19.2 Å². The lowest BCUT2D eigenvalue weighted by atomic mass is 10.2. The van der Waals surface area contributed by atoms with Gasteiger partial charge < -0.3 is 4.74 Å². The van der Waals surface area contributed by atoms with Crippen LogP contribution in [-0.2, 0) is 11.5 Å². The fourth-order valence-electron chi connectivity index (χ4n) is 0.949. The molecule has 0 amide bonds. The second-order valence-electron chi connectivity index (χ2n) is 2.32. The molecule has 0 saturated heterocycles. The van der Waals surface area contributed by atoms with Gasteiger partial charge in [0.25, 0.3) is 5.24 Å². The molecule has 0 atom stereocenters. The number of nitrogens with zero attached hydrogens (tertiary/aromatic N) is 1. The molecule has 14 heavy (non-hydrogen) atoms. The monoisotopic (exact) mass is 231 g/mol. The first-order valence-electron chi connectivity index (χ1n) is 3.57. The molecule has 0 spiro atoms. The zero-order chi connectivity index (χ0) is 10.6. The molecule has 74 valence electrons. The summed E-state index contributed by atoms with van der Waals surface area (Å²) >= 11 is 5.38. The van der Waals surface area contributed by atoms with Crippen molar-refractivity contribution in [2.45, 2.75) is 0 Å². The zero-order valence-corrected chi connectivity index (χ0v) is 8.76. The van der Waals surface area contributed by atoms with Crippen molar-refractivity contribution in [3.05, 3.63) is 23.8 Å². The van der Waals surface area contributed by atoms with Crippen LogP contribution in [0.4, 0.5) is 5.69 Å². The van der Waals surface area contributed by atoms with E-state index in [0.717, 1.165) is 0 Å². The summed E-state index contributed by atoms with van der Waals surface area (Å²) in [5, 5.41) is -0.644. The van der Waals surface area contributed by atoms with E-state index in [0.29, 0.717) is 11.4 Å². The molecule has 0 aliphatic carbocycles. The first-order valence-corrected chi connectivity index (χ1v) is 4.64. The van der Waals surface area contributed by atoms with Crippen LogP contribution in [0, 0.1) is 0 Å². The van der Waals surface area contributed by atoms with Gasteiger partial charge in [0.15, 0.2) is 0 Å². The third-order valence-electron chi connectivity index (χ3n) is 1.54. The van der Waals surface area contributed by atoms with Gasteiger partial charge in [-0.3, -0.25) is 4.79 Å². The van der Waals surface area contributed by atoms with Crippen molar-refractivity contribution >= 4 is 34.0 Å². The minimum absolute atomic E-state index is 0.0684. The van der Waals surface area contributed by atoms with Crippen LogP contribution < -0.4 is 4.74 Å². The Kier molecular flexibility index (Phi) is 3.79. The normalized spacial score (nSPS) is 9.29. The Morgan fingerprint density at radius 2 is 2.29 bits per heavy atom. The molecule has 0 radical (unpaired) electrons. The number of hydrogen-bond acceptors (Lipinski definition) is 4. The Morgan fingerprint density at radius 1 is 1.57 bits per heavy atom. The average Bonchev–Trinajstić information content (AvgIpc) is 2.18. The molecule has 1 rings (SSSR count). The zero-order valence-electron chi connectivity index (χ0n) is 7.19. The largest absolute Gasteiger partial charge is 0.496 e. The van der Waals surface area contributed by atoms with Gasteiger partial charge >= 0.3 is 0 Å². The molecule has 4 nitrogen and oxygen atoms in total.